The summed E-state index contributed by atoms with van der Waals surface area (Å²) in [6, 6.07) is 11.8. The maximum atomic E-state index is 12.1. The van der Waals surface area contributed by atoms with Crippen molar-refractivity contribution in [2.24, 2.45) is 5.92 Å². The summed E-state index contributed by atoms with van der Waals surface area (Å²) in [5.41, 5.74) is 0.668. The Morgan fingerprint density at radius 2 is 1.71 bits per heavy atom. The van der Waals surface area contributed by atoms with Crippen LogP contribution in [0.5, 0.6) is 5.75 Å². The average Bonchev–Trinajstić information content (AvgIpc) is 2.36. The average molecular weight is 228 g/mol. The molecule has 0 saturated heterocycles. The highest BCUT2D eigenvalue weighted by Crippen LogP contribution is 2.27. The van der Waals surface area contributed by atoms with Gasteiger partial charge in [-0.05, 0) is 22.9 Å². The van der Waals surface area contributed by atoms with Gasteiger partial charge in [-0.2, -0.15) is 0 Å². The van der Waals surface area contributed by atoms with Crippen LogP contribution in [0, 0.1) is 5.92 Å². The Kier molecular flexibility index (Phi) is 3.14. The molecular weight excluding hydrogens is 212 g/mol. The fourth-order valence-corrected chi connectivity index (χ4v) is 1.89. The molecule has 0 saturated carbocycles. The number of benzene rings is 2. The van der Waals surface area contributed by atoms with Gasteiger partial charge in [0.2, 0.25) is 0 Å². The molecule has 17 heavy (non-hydrogen) atoms. The third-order valence-corrected chi connectivity index (χ3v) is 2.86. The smallest absolute Gasteiger partial charge is 0.169 e. The Hall–Kier alpha value is -1.83. The largest absolute Gasteiger partial charge is 0.496 e. The Morgan fingerprint density at radius 1 is 1.12 bits per heavy atom. The zero-order valence-electron chi connectivity index (χ0n) is 10.4. The van der Waals surface area contributed by atoms with Gasteiger partial charge < -0.3 is 4.74 Å². The summed E-state index contributed by atoms with van der Waals surface area (Å²) < 4.78 is 5.30. The number of hydrogen-bond acceptors (Lipinski definition) is 2. The second-order valence-corrected chi connectivity index (χ2v) is 4.42. The molecule has 2 nitrogen and oxygen atoms in total. The summed E-state index contributed by atoms with van der Waals surface area (Å²) in [4.78, 5) is 12.1. The van der Waals surface area contributed by atoms with Crippen molar-refractivity contribution in [3.8, 4) is 5.75 Å². The van der Waals surface area contributed by atoms with Crippen molar-refractivity contribution < 1.29 is 9.53 Å². The number of rotatable bonds is 3. The zero-order valence-corrected chi connectivity index (χ0v) is 10.4. The van der Waals surface area contributed by atoms with E-state index >= 15 is 0 Å². The van der Waals surface area contributed by atoms with Gasteiger partial charge >= 0.3 is 0 Å². The van der Waals surface area contributed by atoms with E-state index in [0.29, 0.717) is 11.3 Å². The van der Waals surface area contributed by atoms with E-state index in [-0.39, 0.29) is 11.7 Å². The van der Waals surface area contributed by atoms with Gasteiger partial charge in [-0.25, -0.2) is 0 Å². The van der Waals surface area contributed by atoms with Crippen LogP contribution in [0.2, 0.25) is 0 Å². The lowest BCUT2D eigenvalue weighted by molar-refractivity contribution is 0.0936. The number of Topliss-reactive ketones (excluding diaryl/α,β-unsaturated/α-hetero) is 1. The van der Waals surface area contributed by atoms with Crippen LogP contribution in [-0.2, 0) is 0 Å². The number of carbonyl (C=O) groups excluding carboxylic acids is 1. The first-order valence-electron chi connectivity index (χ1n) is 5.74. The minimum atomic E-state index is -0.0231. The molecule has 0 N–H and O–H groups in total. The maximum absolute atomic E-state index is 12.1. The minimum absolute atomic E-state index is 0.0231. The van der Waals surface area contributed by atoms with Crippen LogP contribution in [0.4, 0.5) is 0 Å². The van der Waals surface area contributed by atoms with Crippen molar-refractivity contribution in [3.63, 3.8) is 0 Å². The van der Waals surface area contributed by atoms with Crippen molar-refractivity contribution in [2.75, 3.05) is 7.11 Å². The zero-order chi connectivity index (χ0) is 12.4. The first-order valence-corrected chi connectivity index (χ1v) is 5.74. The van der Waals surface area contributed by atoms with E-state index in [1.165, 1.54) is 0 Å². The predicted octanol–water partition coefficient (Wildman–Crippen LogP) is 3.69. The van der Waals surface area contributed by atoms with E-state index in [4.69, 9.17) is 4.74 Å². The molecule has 88 valence electrons. The molecule has 2 aromatic carbocycles. The van der Waals surface area contributed by atoms with Gasteiger partial charge in [-0.15, -0.1) is 0 Å². The second kappa shape index (κ2) is 4.58. The summed E-state index contributed by atoms with van der Waals surface area (Å²) in [7, 11) is 1.60. The van der Waals surface area contributed by atoms with E-state index in [0.717, 1.165) is 10.8 Å². The van der Waals surface area contributed by atoms with Crippen molar-refractivity contribution >= 4 is 16.6 Å². The molecule has 2 heteroatoms. The molecule has 0 spiro atoms. The summed E-state index contributed by atoms with van der Waals surface area (Å²) >= 11 is 0. The number of hydrogen-bond donors (Lipinski definition) is 0. The van der Waals surface area contributed by atoms with Gasteiger partial charge in [0, 0.05) is 5.92 Å². The molecule has 0 bridgehead atoms. The topological polar surface area (TPSA) is 26.3 Å². The summed E-state index contributed by atoms with van der Waals surface area (Å²) in [6.45, 7) is 3.80. The van der Waals surface area contributed by atoms with Crippen molar-refractivity contribution in [2.45, 2.75) is 13.8 Å². The summed E-state index contributed by atoms with van der Waals surface area (Å²) in [5.74, 6) is 0.750. The summed E-state index contributed by atoms with van der Waals surface area (Å²) in [5, 5.41) is 2.15. The monoisotopic (exact) mass is 228 g/mol. The fourth-order valence-electron chi connectivity index (χ4n) is 1.89. The predicted molar refractivity (Wildman–Crippen MR) is 69.7 cm³/mol. The highest BCUT2D eigenvalue weighted by molar-refractivity contribution is 6.03. The van der Waals surface area contributed by atoms with Crippen LogP contribution in [0.3, 0.4) is 0 Å². The van der Waals surface area contributed by atoms with E-state index in [9.17, 15) is 4.79 Å². The third kappa shape index (κ3) is 2.16. The highest BCUT2D eigenvalue weighted by Gasteiger charge is 2.16. The Morgan fingerprint density at radius 3 is 2.24 bits per heavy atom. The normalized spacial score (nSPS) is 10.8. The van der Waals surface area contributed by atoms with E-state index in [1.54, 1.807) is 7.11 Å². The van der Waals surface area contributed by atoms with Gasteiger partial charge in [0.15, 0.2) is 5.78 Å². The lowest BCUT2D eigenvalue weighted by Crippen LogP contribution is -2.09. The summed E-state index contributed by atoms with van der Waals surface area (Å²) in [6.07, 6.45) is 0. The van der Waals surface area contributed by atoms with Crippen molar-refractivity contribution in [1.29, 1.82) is 0 Å². The van der Waals surface area contributed by atoms with Crippen LogP contribution < -0.4 is 4.74 Å². The molecule has 2 aromatic rings. The van der Waals surface area contributed by atoms with Gasteiger partial charge in [-0.3, -0.25) is 4.79 Å². The first-order chi connectivity index (χ1) is 8.13. The second-order valence-electron chi connectivity index (χ2n) is 4.42. The molecule has 0 radical (unpaired) electrons. The molecule has 0 unspecified atom stereocenters. The molecule has 0 atom stereocenters. The molecule has 0 heterocycles. The van der Waals surface area contributed by atoms with Gasteiger partial charge in [-0.1, -0.05) is 38.1 Å². The van der Waals surface area contributed by atoms with Crippen LogP contribution in [-0.4, -0.2) is 12.9 Å². The van der Waals surface area contributed by atoms with Crippen LogP contribution in [0.15, 0.2) is 36.4 Å². The number of ketones is 1. The quantitative estimate of drug-likeness (QED) is 0.749. The molecular formula is C15H16O2. The van der Waals surface area contributed by atoms with E-state index in [1.807, 2.05) is 50.2 Å². The lowest BCUT2D eigenvalue weighted by Gasteiger charge is -2.11. The highest BCUT2D eigenvalue weighted by atomic mass is 16.5. The number of carbonyl (C=O) groups is 1. The van der Waals surface area contributed by atoms with Gasteiger partial charge in [0.1, 0.15) is 5.75 Å². The standard InChI is InChI=1S/C15H16O2/c1-10(2)15(16)13-8-11-6-4-5-7-12(11)9-14(13)17-3/h4-10H,1-3H3. The van der Waals surface area contributed by atoms with Crippen molar-refractivity contribution in [1.82, 2.24) is 0 Å². The molecule has 0 aromatic heterocycles. The lowest BCUT2D eigenvalue weighted by atomic mass is 9.97. The Bertz CT molecular complexity index is 556. The first kappa shape index (κ1) is 11.6. The van der Waals surface area contributed by atoms with E-state index in [2.05, 4.69) is 0 Å². The van der Waals surface area contributed by atoms with Crippen LogP contribution >= 0.6 is 0 Å². The molecule has 0 aliphatic carbocycles. The number of ether oxygens (including phenoxy) is 1. The Labute approximate surface area is 101 Å². The SMILES string of the molecule is COc1cc2ccccc2cc1C(=O)C(C)C. The minimum Gasteiger partial charge on any atom is -0.496 e. The van der Waals surface area contributed by atoms with Gasteiger partial charge in [0.25, 0.3) is 0 Å². The van der Waals surface area contributed by atoms with Crippen molar-refractivity contribution in [3.05, 3.63) is 42.0 Å². The van der Waals surface area contributed by atoms with Crippen LogP contribution in [0.25, 0.3) is 10.8 Å². The molecule has 0 fully saturated rings. The number of fused-ring (bicyclic) bond motifs is 1. The number of methoxy groups -OCH3 is 1. The van der Waals surface area contributed by atoms with Crippen LogP contribution in [0.1, 0.15) is 24.2 Å². The maximum Gasteiger partial charge on any atom is 0.169 e. The Balaban J connectivity index is 2.65. The molecule has 2 rings (SSSR count). The molecule has 0 aliphatic rings. The molecule has 0 amide bonds. The van der Waals surface area contributed by atoms with E-state index < -0.39 is 0 Å². The molecule has 0 aliphatic heterocycles. The van der Waals surface area contributed by atoms with Gasteiger partial charge in [0.05, 0.1) is 12.7 Å². The third-order valence-electron chi connectivity index (χ3n) is 2.86. The fraction of sp³-hybridized carbons (Fsp3) is 0.267.